The molecule has 2 aliphatic heterocycles. The summed E-state index contributed by atoms with van der Waals surface area (Å²) in [5.74, 6) is -0.587. The van der Waals surface area contributed by atoms with Crippen molar-refractivity contribution in [1.82, 2.24) is 4.31 Å². The molecule has 2 saturated heterocycles. The van der Waals surface area contributed by atoms with Gasteiger partial charge in [0.1, 0.15) is 10.7 Å². The summed E-state index contributed by atoms with van der Waals surface area (Å²) in [6.45, 7) is 0. The minimum absolute atomic E-state index is 0.0116. The van der Waals surface area contributed by atoms with Crippen molar-refractivity contribution < 1.29 is 12.8 Å². The van der Waals surface area contributed by atoms with Crippen molar-refractivity contribution in [2.45, 2.75) is 47.5 Å². The summed E-state index contributed by atoms with van der Waals surface area (Å²) >= 11 is 9.54. The SMILES string of the molecule is O=S(=O)(c1cc(F)ccc1Cl)N1C2CCC1CC(Br)C2. The molecule has 1 aromatic rings. The number of hydrogen-bond acceptors (Lipinski definition) is 2. The first-order valence-corrected chi connectivity index (χ1v) is 9.25. The molecule has 2 unspecified atom stereocenters. The third-order valence-electron chi connectivity index (χ3n) is 4.06. The van der Waals surface area contributed by atoms with Crippen LogP contribution in [0.25, 0.3) is 0 Å². The molecule has 0 aliphatic carbocycles. The van der Waals surface area contributed by atoms with Gasteiger partial charge >= 0.3 is 0 Å². The number of hydrogen-bond donors (Lipinski definition) is 0. The quantitative estimate of drug-likeness (QED) is 0.734. The Balaban J connectivity index is 2.03. The van der Waals surface area contributed by atoms with Gasteiger partial charge in [0.2, 0.25) is 10.0 Å². The lowest BCUT2D eigenvalue weighted by molar-refractivity contribution is 0.255. The van der Waals surface area contributed by atoms with Crippen LogP contribution < -0.4 is 0 Å². The van der Waals surface area contributed by atoms with Gasteiger partial charge in [-0.05, 0) is 43.9 Å². The zero-order valence-corrected chi connectivity index (χ0v) is 13.8. The molecule has 2 aliphatic rings. The zero-order chi connectivity index (χ0) is 14.5. The van der Waals surface area contributed by atoms with Crippen LogP contribution in [0.2, 0.25) is 5.02 Å². The third kappa shape index (κ3) is 2.40. The second kappa shape index (κ2) is 5.23. The topological polar surface area (TPSA) is 37.4 Å². The minimum Gasteiger partial charge on any atom is -0.207 e. The molecule has 3 rings (SSSR count). The molecule has 1 aromatic carbocycles. The van der Waals surface area contributed by atoms with Crippen LogP contribution in [0.1, 0.15) is 25.7 Å². The average Bonchev–Trinajstić information content (AvgIpc) is 2.66. The number of piperidine rings is 1. The van der Waals surface area contributed by atoms with E-state index in [0.29, 0.717) is 4.83 Å². The molecule has 2 atom stereocenters. The van der Waals surface area contributed by atoms with Gasteiger partial charge in [0.15, 0.2) is 0 Å². The highest BCUT2D eigenvalue weighted by Crippen LogP contribution is 2.42. The van der Waals surface area contributed by atoms with Crippen molar-refractivity contribution in [3.63, 3.8) is 0 Å². The number of halogens is 3. The van der Waals surface area contributed by atoms with Gasteiger partial charge in [0.05, 0.1) is 5.02 Å². The van der Waals surface area contributed by atoms with Crippen molar-refractivity contribution in [3.05, 3.63) is 29.0 Å². The number of alkyl halides is 1. The summed E-state index contributed by atoms with van der Waals surface area (Å²) in [6.07, 6.45) is 3.31. The fourth-order valence-corrected chi connectivity index (χ4v) is 6.49. The van der Waals surface area contributed by atoms with E-state index in [1.807, 2.05) is 0 Å². The van der Waals surface area contributed by atoms with Gasteiger partial charge in [0.25, 0.3) is 0 Å². The van der Waals surface area contributed by atoms with Gasteiger partial charge in [-0.15, -0.1) is 0 Å². The van der Waals surface area contributed by atoms with Crippen LogP contribution >= 0.6 is 27.5 Å². The molecule has 2 fully saturated rings. The Hall–Kier alpha value is -0.170. The second-order valence-corrected chi connectivity index (χ2v) is 8.88. The fourth-order valence-electron chi connectivity index (χ4n) is 3.25. The zero-order valence-electron chi connectivity index (χ0n) is 10.6. The highest BCUT2D eigenvalue weighted by Gasteiger charge is 2.47. The van der Waals surface area contributed by atoms with E-state index < -0.39 is 15.8 Å². The van der Waals surface area contributed by atoms with Crippen molar-refractivity contribution >= 4 is 37.6 Å². The molecule has 7 heteroatoms. The fraction of sp³-hybridized carbons (Fsp3) is 0.538. The number of nitrogens with zero attached hydrogens (tertiary/aromatic N) is 1. The van der Waals surface area contributed by atoms with E-state index in [1.54, 1.807) is 4.31 Å². The Labute approximate surface area is 131 Å². The van der Waals surface area contributed by atoms with Crippen LogP contribution in [0.15, 0.2) is 23.1 Å². The standard InChI is InChI=1S/C13H14BrClFNO2S/c14-8-5-10-2-3-11(6-8)17(10)20(18,19)13-7-9(16)1-4-12(13)15/h1,4,7-8,10-11H,2-3,5-6H2. The molecule has 0 spiro atoms. The molecule has 0 N–H and O–H groups in total. The van der Waals surface area contributed by atoms with Gasteiger partial charge in [-0.25, -0.2) is 12.8 Å². The third-order valence-corrected chi connectivity index (χ3v) is 7.29. The Bertz CT molecular complexity index is 625. The normalized spacial score (nSPS) is 30.6. The molecule has 110 valence electrons. The van der Waals surface area contributed by atoms with E-state index in [9.17, 15) is 12.8 Å². The average molecular weight is 383 g/mol. The van der Waals surface area contributed by atoms with E-state index >= 15 is 0 Å². The van der Waals surface area contributed by atoms with Crippen molar-refractivity contribution in [2.24, 2.45) is 0 Å². The number of benzene rings is 1. The predicted molar refractivity (Wildman–Crippen MR) is 79.2 cm³/mol. The maximum Gasteiger partial charge on any atom is 0.245 e. The predicted octanol–water partition coefficient (Wildman–Crippen LogP) is 3.56. The first-order valence-electron chi connectivity index (χ1n) is 6.52. The Kier molecular flexibility index (Phi) is 3.86. The van der Waals surface area contributed by atoms with Gasteiger partial charge in [-0.2, -0.15) is 4.31 Å². The summed E-state index contributed by atoms with van der Waals surface area (Å²) in [6, 6.07) is 3.45. The minimum atomic E-state index is -3.73. The highest BCUT2D eigenvalue weighted by molar-refractivity contribution is 9.09. The summed E-state index contributed by atoms with van der Waals surface area (Å²) in [7, 11) is -3.73. The molecular formula is C13H14BrClFNO2S. The number of fused-ring (bicyclic) bond motifs is 2. The summed E-state index contributed by atoms with van der Waals surface area (Å²) in [5.41, 5.74) is 0. The highest BCUT2D eigenvalue weighted by atomic mass is 79.9. The van der Waals surface area contributed by atoms with E-state index in [4.69, 9.17) is 11.6 Å². The largest absolute Gasteiger partial charge is 0.245 e. The van der Waals surface area contributed by atoms with Crippen LogP contribution in [0.5, 0.6) is 0 Å². The lowest BCUT2D eigenvalue weighted by Gasteiger charge is -2.36. The first kappa shape index (κ1) is 14.8. The summed E-state index contributed by atoms with van der Waals surface area (Å²) in [4.78, 5) is 0.235. The van der Waals surface area contributed by atoms with E-state index in [1.165, 1.54) is 12.1 Å². The van der Waals surface area contributed by atoms with E-state index in [0.717, 1.165) is 31.7 Å². The van der Waals surface area contributed by atoms with E-state index in [2.05, 4.69) is 15.9 Å². The molecule has 20 heavy (non-hydrogen) atoms. The van der Waals surface area contributed by atoms with Crippen LogP contribution in [0, 0.1) is 5.82 Å². The van der Waals surface area contributed by atoms with Crippen molar-refractivity contribution in [1.29, 1.82) is 0 Å². The van der Waals surface area contributed by atoms with Crippen LogP contribution in [-0.2, 0) is 10.0 Å². The van der Waals surface area contributed by atoms with Gasteiger partial charge in [0, 0.05) is 16.9 Å². The Morgan fingerprint density at radius 1 is 1.25 bits per heavy atom. The smallest absolute Gasteiger partial charge is 0.207 e. The molecule has 0 radical (unpaired) electrons. The van der Waals surface area contributed by atoms with Gasteiger partial charge in [-0.3, -0.25) is 0 Å². The Morgan fingerprint density at radius 2 is 1.85 bits per heavy atom. The van der Waals surface area contributed by atoms with Crippen molar-refractivity contribution in [3.8, 4) is 0 Å². The molecule has 3 nitrogen and oxygen atoms in total. The molecular weight excluding hydrogens is 369 g/mol. The van der Waals surface area contributed by atoms with Crippen LogP contribution in [0.3, 0.4) is 0 Å². The van der Waals surface area contributed by atoms with Crippen LogP contribution in [0.4, 0.5) is 4.39 Å². The number of rotatable bonds is 2. The molecule has 2 bridgehead atoms. The maximum absolute atomic E-state index is 13.4. The summed E-state index contributed by atoms with van der Waals surface area (Å²) in [5, 5.41) is 0.0757. The molecule has 2 heterocycles. The van der Waals surface area contributed by atoms with Gasteiger partial charge < -0.3 is 0 Å². The summed E-state index contributed by atoms with van der Waals surface area (Å²) < 4.78 is 40.5. The lowest BCUT2D eigenvalue weighted by Crippen LogP contribution is -2.46. The first-order chi connectivity index (χ1) is 9.39. The van der Waals surface area contributed by atoms with Crippen LogP contribution in [-0.4, -0.2) is 29.6 Å². The monoisotopic (exact) mass is 381 g/mol. The number of sulfonamides is 1. The lowest BCUT2D eigenvalue weighted by atomic mass is 10.1. The maximum atomic E-state index is 13.4. The van der Waals surface area contributed by atoms with Gasteiger partial charge in [-0.1, -0.05) is 27.5 Å². The van der Waals surface area contributed by atoms with E-state index in [-0.39, 0.29) is 22.0 Å². The molecule has 0 saturated carbocycles. The Morgan fingerprint density at radius 3 is 2.45 bits per heavy atom. The van der Waals surface area contributed by atoms with Crippen molar-refractivity contribution in [2.75, 3.05) is 0 Å². The molecule has 0 aromatic heterocycles. The molecule has 0 amide bonds. The second-order valence-electron chi connectivity index (χ2n) is 5.36.